The molecule has 4 rings (SSSR count). The predicted octanol–water partition coefficient (Wildman–Crippen LogP) is 3.32. The molecule has 2 amide bonds. The minimum absolute atomic E-state index is 0.191. The van der Waals surface area contributed by atoms with Crippen LogP contribution in [-0.4, -0.2) is 30.8 Å². The number of nitrogens with one attached hydrogen (secondary N) is 3. The number of H-pyrrole nitrogens is 1. The molecule has 0 spiro atoms. The van der Waals surface area contributed by atoms with Crippen LogP contribution in [0.1, 0.15) is 5.56 Å². The Balaban J connectivity index is 1.41. The van der Waals surface area contributed by atoms with Gasteiger partial charge in [-0.05, 0) is 42.8 Å². The zero-order valence-electron chi connectivity index (χ0n) is 14.9. The maximum Gasteiger partial charge on any atom is 0.319 e. The fourth-order valence-corrected chi connectivity index (χ4v) is 3.12. The SMILES string of the molecule is O=C(NCCc1cc2cc3c(cc2[nH]c1=O)OCCO3)Nc1ccc(Cl)cc1. The van der Waals surface area contributed by atoms with Gasteiger partial charge in [-0.3, -0.25) is 4.79 Å². The third kappa shape index (κ3) is 4.04. The molecule has 1 aliphatic rings. The van der Waals surface area contributed by atoms with Crippen molar-refractivity contribution in [3.05, 3.63) is 63.4 Å². The summed E-state index contributed by atoms with van der Waals surface area (Å²) < 4.78 is 11.1. The van der Waals surface area contributed by atoms with Crippen LogP contribution in [0.5, 0.6) is 11.5 Å². The first-order valence-corrected chi connectivity index (χ1v) is 9.22. The van der Waals surface area contributed by atoms with Crippen LogP contribution in [0.4, 0.5) is 10.5 Å². The lowest BCUT2D eigenvalue weighted by Gasteiger charge is -2.18. The van der Waals surface area contributed by atoms with Crippen LogP contribution in [-0.2, 0) is 6.42 Å². The monoisotopic (exact) mass is 399 g/mol. The summed E-state index contributed by atoms with van der Waals surface area (Å²) in [6.07, 6.45) is 0.397. The molecule has 0 aliphatic carbocycles. The molecule has 0 atom stereocenters. The Morgan fingerprint density at radius 1 is 1.07 bits per heavy atom. The standard InChI is InChI=1S/C20H18ClN3O4/c21-14-1-3-15(4-2-14)23-20(26)22-6-5-12-9-13-10-17-18(28-8-7-27-17)11-16(13)24-19(12)25/h1-4,9-11H,5-8H2,(H,24,25)(H2,22,23,26). The molecule has 2 aromatic carbocycles. The maximum absolute atomic E-state index is 12.3. The van der Waals surface area contributed by atoms with Gasteiger partial charge in [-0.25, -0.2) is 4.79 Å². The third-order valence-corrected chi connectivity index (χ3v) is 4.62. The molecular weight excluding hydrogens is 382 g/mol. The highest BCUT2D eigenvalue weighted by Crippen LogP contribution is 2.33. The van der Waals surface area contributed by atoms with E-state index in [9.17, 15) is 9.59 Å². The van der Waals surface area contributed by atoms with Gasteiger partial charge in [-0.2, -0.15) is 0 Å². The fourth-order valence-electron chi connectivity index (χ4n) is 2.99. The molecule has 28 heavy (non-hydrogen) atoms. The van der Waals surface area contributed by atoms with Gasteiger partial charge in [0.05, 0.1) is 5.52 Å². The molecule has 2 heterocycles. The number of pyridine rings is 1. The molecular formula is C20H18ClN3O4. The minimum atomic E-state index is -0.348. The summed E-state index contributed by atoms with van der Waals surface area (Å²) in [4.78, 5) is 27.2. The summed E-state index contributed by atoms with van der Waals surface area (Å²) in [5, 5.41) is 6.90. The summed E-state index contributed by atoms with van der Waals surface area (Å²) in [5.74, 6) is 1.29. The van der Waals surface area contributed by atoms with Crippen molar-refractivity contribution in [2.24, 2.45) is 0 Å². The third-order valence-electron chi connectivity index (χ3n) is 4.37. The van der Waals surface area contributed by atoms with E-state index in [-0.39, 0.29) is 11.6 Å². The van der Waals surface area contributed by atoms with Crippen molar-refractivity contribution in [1.82, 2.24) is 10.3 Å². The predicted molar refractivity (Wildman–Crippen MR) is 108 cm³/mol. The molecule has 0 saturated carbocycles. The molecule has 144 valence electrons. The Morgan fingerprint density at radius 3 is 2.54 bits per heavy atom. The normalized spacial score (nSPS) is 12.6. The van der Waals surface area contributed by atoms with Crippen LogP contribution < -0.4 is 25.7 Å². The van der Waals surface area contributed by atoms with Gasteiger partial charge in [0.15, 0.2) is 11.5 Å². The average Bonchev–Trinajstić information content (AvgIpc) is 2.69. The summed E-state index contributed by atoms with van der Waals surface area (Å²) >= 11 is 5.82. The van der Waals surface area contributed by atoms with Gasteiger partial charge in [0.2, 0.25) is 0 Å². The van der Waals surface area contributed by atoms with Crippen molar-refractivity contribution in [3.8, 4) is 11.5 Å². The van der Waals surface area contributed by atoms with E-state index in [1.807, 2.05) is 12.1 Å². The second-order valence-electron chi connectivity index (χ2n) is 6.34. The number of hydrogen-bond acceptors (Lipinski definition) is 4. The van der Waals surface area contributed by atoms with Crippen molar-refractivity contribution in [1.29, 1.82) is 0 Å². The fraction of sp³-hybridized carbons (Fsp3) is 0.200. The van der Waals surface area contributed by atoms with E-state index in [0.29, 0.717) is 59.5 Å². The highest BCUT2D eigenvalue weighted by Gasteiger charge is 2.14. The first kappa shape index (κ1) is 18.2. The second kappa shape index (κ2) is 7.82. The molecule has 3 aromatic rings. The quantitative estimate of drug-likeness (QED) is 0.627. The van der Waals surface area contributed by atoms with Gasteiger partial charge in [0, 0.05) is 34.3 Å². The molecule has 7 nitrogen and oxygen atoms in total. The smallest absolute Gasteiger partial charge is 0.319 e. The van der Waals surface area contributed by atoms with Crippen LogP contribution in [0, 0.1) is 0 Å². The van der Waals surface area contributed by atoms with Crippen LogP contribution in [0.25, 0.3) is 10.9 Å². The van der Waals surface area contributed by atoms with Gasteiger partial charge >= 0.3 is 6.03 Å². The van der Waals surface area contributed by atoms with E-state index in [1.165, 1.54) is 0 Å². The van der Waals surface area contributed by atoms with Crippen LogP contribution in [0.15, 0.2) is 47.3 Å². The molecule has 0 fully saturated rings. The topological polar surface area (TPSA) is 92.5 Å². The van der Waals surface area contributed by atoms with Crippen LogP contribution >= 0.6 is 11.6 Å². The first-order chi connectivity index (χ1) is 13.6. The summed E-state index contributed by atoms with van der Waals surface area (Å²) in [5.41, 5.74) is 1.71. The molecule has 8 heteroatoms. The summed E-state index contributed by atoms with van der Waals surface area (Å²) in [6, 6.07) is 11.9. The van der Waals surface area contributed by atoms with Crippen molar-refractivity contribution in [2.45, 2.75) is 6.42 Å². The lowest BCUT2D eigenvalue weighted by Crippen LogP contribution is -2.31. The number of urea groups is 1. The number of carbonyl (C=O) groups excluding carboxylic acids is 1. The first-order valence-electron chi connectivity index (χ1n) is 8.84. The Kier molecular flexibility index (Phi) is 5.08. The Bertz CT molecular complexity index is 1080. The number of anilines is 1. The van der Waals surface area contributed by atoms with Crippen molar-refractivity contribution in [3.63, 3.8) is 0 Å². The number of rotatable bonds is 4. The Labute approximate surface area is 165 Å². The van der Waals surface area contributed by atoms with Crippen LogP contribution in [0.3, 0.4) is 0 Å². The van der Waals surface area contributed by atoms with Gasteiger partial charge < -0.3 is 25.1 Å². The molecule has 0 unspecified atom stereocenters. The lowest BCUT2D eigenvalue weighted by atomic mass is 10.1. The largest absolute Gasteiger partial charge is 0.486 e. The lowest BCUT2D eigenvalue weighted by molar-refractivity contribution is 0.172. The molecule has 1 aromatic heterocycles. The molecule has 0 bridgehead atoms. The molecule has 1 aliphatic heterocycles. The van der Waals surface area contributed by atoms with Crippen molar-refractivity contribution < 1.29 is 14.3 Å². The van der Waals surface area contributed by atoms with E-state index in [2.05, 4.69) is 15.6 Å². The number of amides is 2. The van der Waals surface area contributed by atoms with E-state index < -0.39 is 0 Å². The number of carbonyl (C=O) groups is 1. The summed E-state index contributed by atoms with van der Waals surface area (Å²) in [7, 11) is 0. The zero-order chi connectivity index (χ0) is 19.5. The van der Waals surface area contributed by atoms with Crippen LogP contribution in [0.2, 0.25) is 5.02 Å². The Hall–Kier alpha value is -3.19. The number of fused-ring (bicyclic) bond motifs is 2. The van der Waals surface area contributed by atoms with Gasteiger partial charge in [0.25, 0.3) is 5.56 Å². The van der Waals surface area contributed by atoms with E-state index in [4.69, 9.17) is 21.1 Å². The van der Waals surface area contributed by atoms with Crippen molar-refractivity contribution >= 4 is 34.2 Å². The number of hydrogen-bond donors (Lipinski definition) is 3. The number of halogens is 1. The van der Waals surface area contributed by atoms with Gasteiger partial charge in [-0.1, -0.05) is 11.6 Å². The maximum atomic E-state index is 12.3. The molecule has 3 N–H and O–H groups in total. The number of aromatic amines is 1. The van der Waals surface area contributed by atoms with E-state index in [1.54, 1.807) is 30.3 Å². The minimum Gasteiger partial charge on any atom is -0.486 e. The van der Waals surface area contributed by atoms with Gasteiger partial charge in [-0.15, -0.1) is 0 Å². The van der Waals surface area contributed by atoms with Crippen molar-refractivity contribution in [2.75, 3.05) is 25.1 Å². The molecule has 0 radical (unpaired) electrons. The highest BCUT2D eigenvalue weighted by atomic mass is 35.5. The second-order valence-corrected chi connectivity index (χ2v) is 6.78. The number of benzene rings is 2. The summed E-state index contributed by atoms with van der Waals surface area (Å²) in [6.45, 7) is 1.31. The molecule has 0 saturated heterocycles. The Morgan fingerprint density at radius 2 is 1.79 bits per heavy atom. The average molecular weight is 400 g/mol. The number of ether oxygens (including phenoxy) is 2. The highest BCUT2D eigenvalue weighted by molar-refractivity contribution is 6.30. The zero-order valence-corrected chi connectivity index (χ0v) is 15.6. The van der Waals surface area contributed by atoms with E-state index >= 15 is 0 Å². The number of aromatic nitrogens is 1. The van der Waals surface area contributed by atoms with E-state index in [0.717, 1.165) is 5.39 Å². The van der Waals surface area contributed by atoms with Gasteiger partial charge in [0.1, 0.15) is 13.2 Å².